The number of halogens is 4. The molecule has 1 saturated heterocycles. The normalized spacial score (nSPS) is 36.0. The Labute approximate surface area is 79.9 Å². The molecule has 2 aliphatic rings. The lowest BCUT2D eigenvalue weighted by Crippen LogP contribution is -2.76. The van der Waals surface area contributed by atoms with Crippen LogP contribution < -0.4 is 5.32 Å². The standard InChI is InChI=1S/C7H10F3NO.ClH/c8-7(9,10)6(12)2-1-5(6)3-11-4-5;/h11-12H,1-4H2;1H. The maximum absolute atomic E-state index is 12.3. The van der Waals surface area contributed by atoms with Crippen molar-refractivity contribution < 1.29 is 18.3 Å². The highest BCUT2D eigenvalue weighted by Crippen LogP contribution is 2.59. The summed E-state index contributed by atoms with van der Waals surface area (Å²) in [5.74, 6) is 0. The molecule has 0 bridgehead atoms. The first kappa shape index (κ1) is 11.1. The van der Waals surface area contributed by atoms with Crippen molar-refractivity contribution in [2.45, 2.75) is 24.6 Å². The molecule has 0 aromatic heterocycles. The molecule has 1 unspecified atom stereocenters. The summed E-state index contributed by atoms with van der Waals surface area (Å²) in [5.41, 5.74) is -3.31. The zero-order chi connectivity index (χ0) is 9.04. The lowest BCUT2D eigenvalue weighted by atomic mass is 9.53. The Balaban J connectivity index is 0.000000845. The van der Waals surface area contributed by atoms with Gasteiger partial charge in [-0.1, -0.05) is 0 Å². The van der Waals surface area contributed by atoms with Gasteiger partial charge in [0.2, 0.25) is 0 Å². The van der Waals surface area contributed by atoms with Crippen LogP contribution in [0.5, 0.6) is 0 Å². The SMILES string of the molecule is Cl.OC1(C(F)(F)F)CCC12CNC2. The van der Waals surface area contributed by atoms with Gasteiger partial charge in [-0.3, -0.25) is 0 Å². The third kappa shape index (κ3) is 1.10. The van der Waals surface area contributed by atoms with Crippen LogP contribution in [0.3, 0.4) is 0 Å². The van der Waals surface area contributed by atoms with Gasteiger partial charge in [-0.25, -0.2) is 0 Å². The van der Waals surface area contributed by atoms with E-state index in [9.17, 15) is 18.3 Å². The Hall–Kier alpha value is -0.0000000000000000486. The molecule has 1 aliphatic carbocycles. The van der Waals surface area contributed by atoms with Crippen molar-refractivity contribution in [2.24, 2.45) is 5.41 Å². The van der Waals surface area contributed by atoms with E-state index in [0.717, 1.165) is 0 Å². The number of hydrogen-bond donors (Lipinski definition) is 2. The van der Waals surface area contributed by atoms with Gasteiger partial charge in [0.15, 0.2) is 5.60 Å². The first-order chi connectivity index (χ1) is 5.41. The number of alkyl halides is 3. The van der Waals surface area contributed by atoms with Gasteiger partial charge >= 0.3 is 6.18 Å². The van der Waals surface area contributed by atoms with Gasteiger partial charge in [0.25, 0.3) is 0 Å². The fourth-order valence-corrected chi connectivity index (χ4v) is 2.05. The maximum atomic E-state index is 12.3. The van der Waals surface area contributed by atoms with Crippen molar-refractivity contribution >= 4 is 12.4 Å². The minimum absolute atomic E-state index is 0. The van der Waals surface area contributed by atoms with Crippen molar-refractivity contribution in [1.82, 2.24) is 5.32 Å². The molecule has 1 spiro atoms. The minimum atomic E-state index is -4.46. The van der Waals surface area contributed by atoms with E-state index in [2.05, 4.69) is 5.32 Å². The van der Waals surface area contributed by atoms with Crippen LogP contribution in [-0.4, -0.2) is 30.0 Å². The van der Waals surface area contributed by atoms with E-state index in [1.807, 2.05) is 0 Å². The second-order valence-corrected chi connectivity index (χ2v) is 3.74. The maximum Gasteiger partial charge on any atom is 0.417 e. The van der Waals surface area contributed by atoms with Crippen molar-refractivity contribution in [3.05, 3.63) is 0 Å². The predicted octanol–water partition coefficient (Wildman–Crippen LogP) is 1.08. The van der Waals surface area contributed by atoms with Crippen LogP contribution in [0.15, 0.2) is 0 Å². The topological polar surface area (TPSA) is 32.3 Å². The molecule has 6 heteroatoms. The van der Waals surface area contributed by atoms with Crippen molar-refractivity contribution in [1.29, 1.82) is 0 Å². The van der Waals surface area contributed by atoms with Crippen LogP contribution in [-0.2, 0) is 0 Å². The fourth-order valence-electron chi connectivity index (χ4n) is 2.05. The molecule has 1 saturated carbocycles. The summed E-state index contributed by atoms with van der Waals surface area (Å²) in [4.78, 5) is 0. The average molecular weight is 218 g/mol. The minimum Gasteiger partial charge on any atom is -0.380 e. The van der Waals surface area contributed by atoms with Crippen LogP contribution in [0.4, 0.5) is 13.2 Å². The van der Waals surface area contributed by atoms with Crippen LogP contribution in [0.25, 0.3) is 0 Å². The molecule has 1 aliphatic heterocycles. The summed E-state index contributed by atoms with van der Waals surface area (Å²) in [5, 5.41) is 12.1. The van der Waals surface area contributed by atoms with Gasteiger partial charge < -0.3 is 10.4 Å². The van der Waals surface area contributed by atoms with Crippen LogP contribution >= 0.6 is 12.4 Å². The van der Waals surface area contributed by atoms with E-state index in [0.29, 0.717) is 19.5 Å². The van der Waals surface area contributed by atoms with E-state index in [1.165, 1.54) is 0 Å². The number of hydrogen-bond acceptors (Lipinski definition) is 2. The van der Waals surface area contributed by atoms with Crippen molar-refractivity contribution in [3.63, 3.8) is 0 Å². The lowest BCUT2D eigenvalue weighted by Gasteiger charge is -2.61. The number of aliphatic hydroxyl groups is 1. The lowest BCUT2D eigenvalue weighted by molar-refractivity contribution is -0.349. The summed E-state index contributed by atoms with van der Waals surface area (Å²) in [6.45, 7) is 0.589. The summed E-state index contributed by atoms with van der Waals surface area (Å²) in [7, 11) is 0. The molecule has 0 aromatic rings. The molecule has 2 N–H and O–H groups in total. The molecule has 2 nitrogen and oxygen atoms in total. The predicted molar refractivity (Wildman–Crippen MR) is 42.8 cm³/mol. The van der Waals surface area contributed by atoms with Crippen molar-refractivity contribution in [2.75, 3.05) is 13.1 Å². The Morgan fingerprint density at radius 1 is 1.15 bits per heavy atom. The van der Waals surface area contributed by atoms with Gasteiger partial charge in [0.05, 0.1) is 0 Å². The van der Waals surface area contributed by atoms with Gasteiger partial charge in [0, 0.05) is 18.5 Å². The molecule has 0 radical (unpaired) electrons. The number of rotatable bonds is 0. The second-order valence-electron chi connectivity index (χ2n) is 3.74. The third-order valence-electron chi connectivity index (χ3n) is 3.24. The smallest absolute Gasteiger partial charge is 0.380 e. The van der Waals surface area contributed by atoms with Crippen molar-refractivity contribution in [3.8, 4) is 0 Å². The van der Waals surface area contributed by atoms with Gasteiger partial charge in [-0.15, -0.1) is 12.4 Å². The summed E-state index contributed by atoms with van der Waals surface area (Å²) >= 11 is 0. The van der Waals surface area contributed by atoms with Crippen LogP contribution in [0.1, 0.15) is 12.8 Å². The quantitative estimate of drug-likeness (QED) is 0.637. The molecule has 0 aromatic carbocycles. The Morgan fingerprint density at radius 2 is 1.69 bits per heavy atom. The number of nitrogens with one attached hydrogen (secondary N) is 1. The van der Waals surface area contributed by atoms with Crippen LogP contribution in [0, 0.1) is 5.41 Å². The fraction of sp³-hybridized carbons (Fsp3) is 1.00. The third-order valence-corrected chi connectivity index (χ3v) is 3.24. The largest absolute Gasteiger partial charge is 0.417 e. The molecule has 2 fully saturated rings. The van der Waals surface area contributed by atoms with E-state index in [-0.39, 0.29) is 18.8 Å². The Bertz CT molecular complexity index is 211. The summed E-state index contributed by atoms with van der Waals surface area (Å²) in [6.07, 6.45) is -4.12. The zero-order valence-corrected chi connectivity index (χ0v) is 7.63. The van der Waals surface area contributed by atoms with Gasteiger partial charge in [-0.05, 0) is 12.8 Å². The molecular weight excluding hydrogens is 207 g/mol. The van der Waals surface area contributed by atoms with E-state index in [4.69, 9.17) is 0 Å². The first-order valence-electron chi connectivity index (χ1n) is 3.91. The summed E-state index contributed by atoms with van der Waals surface area (Å²) in [6, 6.07) is 0. The van der Waals surface area contributed by atoms with Gasteiger partial charge in [0.1, 0.15) is 0 Å². The zero-order valence-electron chi connectivity index (χ0n) is 6.82. The highest BCUT2D eigenvalue weighted by atomic mass is 35.5. The molecule has 78 valence electrons. The molecular formula is C7H11ClF3NO. The van der Waals surface area contributed by atoms with E-state index < -0.39 is 17.2 Å². The van der Waals surface area contributed by atoms with Gasteiger partial charge in [-0.2, -0.15) is 13.2 Å². The van der Waals surface area contributed by atoms with Crippen LogP contribution in [0.2, 0.25) is 0 Å². The molecule has 1 heterocycles. The van der Waals surface area contributed by atoms with E-state index >= 15 is 0 Å². The molecule has 2 rings (SSSR count). The van der Waals surface area contributed by atoms with E-state index in [1.54, 1.807) is 0 Å². The average Bonchev–Trinajstić information content (AvgIpc) is 1.77. The molecule has 13 heavy (non-hydrogen) atoms. The Morgan fingerprint density at radius 3 is 1.77 bits per heavy atom. The first-order valence-corrected chi connectivity index (χ1v) is 3.91. The highest BCUT2D eigenvalue weighted by Gasteiger charge is 2.73. The monoisotopic (exact) mass is 217 g/mol. The molecule has 1 atom stereocenters. The Kier molecular flexibility index (Phi) is 2.34. The highest BCUT2D eigenvalue weighted by molar-refractivity contribution is 5.85. The molecule has 0 amide bonds. The summed E-state index contributed by atoms with van der Waals surface area (Å²) < 4.78 is 37.0. The second kappa shape index (κ2) is 2.74.